The number of rotatable bonds is 5. The first kappa shape index (κ1) is 17.2. The molecular formula is C18H25F2I. The average molecular weight is 406 g/mol. The highest BCUT2D eigenvalue weighted by atomic mass is 127. The molecule has 1 aromatic carbocycles. The molecule has 3 heteroatoms. The van der Waals surface area contributed by atoms with Gasteiger partial charge in [-0.05, 0) is 84.2 Å². The maximum absolute atomic E-state index is 14.3. The van der Waals surface area contributed by atoms with Crippen LogP contribution in [0.1, 0.15) is 75.3 Å². The van der Waals surface area contributed by atoms with Crippen molar-refractivity contribution in [3.8, 4) is 0 Å². The largest absolute Gasteiger partial charge is 0.203 e. The summed E-state index contributed by atoms with van der Waals surface area (Å²) >= 11 is 1.87. The predicted octanol–water partition coefficient (Wildman–Crippen LogP) is 6.73. The normalized spacial score (nSPS) is 22.5. The third-order valence-corrected chi connectivity index (χ3v) is 5.66. The van der Waals surface area contributed by atoms with E-state index in [1.54, 1.807) is 6.07 Å². The number of hydrogen-bond donors (Lipinski definition) is 0. The third kappa shape index (κ3) is 4.17. The first-order valence-electron chi connectivity index (χ1n) is 8.18. The average Bonchev–Trinajstić information content (AvgIpc) is 2.47. The fraction of sp³-hybridized carbons (Fsp3) is 0.667. The Morgan fingerprint density at radius 2 is 1.76 bits per heavy atom. The molecular weight excluding hydrogens is 381 g/mol. The van der Waals surface area contributed by atoms with Gasteiger partial charge in [-0.3, -0.25) is 0 Å². The Labute approximate surface area is 140 Å². The maximum atomic E-state index is 14.3. The molecule has 118 valence electrons. The Morgan fingerprint density at radius 3 is 2.38 bits per heavy atom. The highest BCUT2D eigenvalue weighted by Gasteiger charge is 2.27. The van der Waals surface area contributed by atoms with E-state index in [9.17, 15) is 8.78 Å². The van der Waals surface area contributed by atoms with Crippen LogP contribution in [0.5, 0.6) is 0 Å². The summed E-state index contributed by atoms with van der Waals surface area (Å²) < 4.78 is 28.5. The van der Waals surface area contributed by atoms with Crippen molar-refractivity contribution < 1.29 is 8.78 Å². The summed E-state index contributed by atoms with van der Waals surface area (Å²) in [5.41, 5.74) is 1.55. The lowest BCUT2D eigenvalue weighted by Crippen LogP contribution is -2.16. The van der Waals surface area contributed by atoms with E-state index in [0.29, 0.717) is 9.13 Å². The van der Waals surface area contributed by atoms with Gasteiger partial charge in [0.25, 0.3) is 0 Å². The van der Waals surface area contributed by atoms with Gasteiger partial charge in [-0.2, -0.15) is 0 Å². The Kier molecular flexibility index (Phi) is 6.45. The van der Waals surface area contributed by atoms with Crippen LogP contribution in [0.2, 0.25) is 0 Å². The van der Waals surface area contributed by atoms with Crippen molar-refractivity contribution in [1.29, 1.82) is 0 Å². The minimum absolute atomic E-state index is 0.207. The van der Waals surface area contributed by atoms with Crippen molar-refractivity contribution in [2.75, 3.05) is 0 Å². The number of benzene rings is 1. The summed E-state index contributed by atoms with van der Waals surface area (Å²) in [4.78, 5) is 0. The Morgan fingerprint density at radius 1 is 1.10 bits per heavy atom. The van der Waals surface area contributed by atoms with Gasteiger partial charge in [0.15, 0.2) is 11.6 Å². The lowest BCUT2D eigenvalue weighted by atomic mass is 9.76. The summed E-state index contributed by atoms with van der Waals surface area (Å²) in [6.45, 7) is 4.14. The van der Waals surface area contributed by atoms with Gasteiger partial charge in [-0.25, -0.2) is 8.78 Å². The molecule has 2 rings (SSSR count). The molecule has 0 spiro atoms. The SMILES string of the molecule is CCCCCC1CCC(c2c(C)cc(I)c(F)c2F)CC1. The van der Waals surface area contributed by atoms with Gasteiger partial charge in [0.05, 0.1) is 3.57 Å². The zero-order chi connectivity index (χ0) is 15.4. The second-order valence-corrected chi connectivity index (χ2v) is 7.59. The quantitative estimate of drug-likeness (QED) is 0.289. The van der Waals surface area contributed by atoms with Crippen molar-refractivity contribution in [1.82, 2.24) is 0 Å². The molecule has 0 unspecified atom stereocenters. The number of halogens is 3. The van der Waals surface area contributed by atoms with E-state index in [2.05, 4.69) is 6.92 Å². The standard InChI is InChI=1S/C18H25F2I/c1-3-4-5-6-13-7-9-14(10-8-13)16-12(2)11-15(21)17(19)18(16)20/h11,13-14H,3-10H2,1-2H3. The van der Waals surface area contributed by atoms with Gasteiger partial charge >= 0.3 is 0 Å². The number of aryl methyl sites for hydroxylation is 1. The molecule has 0 aliphatic heterocycles. The van der Waals surface area contributed by atoms with Gasteiger partial charge in [0, 0.05) is 0 Å². The zero-order valence-electron chi connectivity index (χ0n) is 13.0. The van der Waals surface area contributed by atoms with E-state index >= 15 is 0 Å². The number of hydrogen-bond acceptors (Lipinski definition) is 0. The van der Waals surface area contributed by atoms with E-state index < -0.39 is 11.6 Å². The lowest BCUT2D eigenvalue weighted by Gasteiger charge is -2.30. The summed E-state index contributed by atoms with van der Waals surface area (Å²) in [5.74, 6) is -0.265. The van der Waals surface area contributed by atoms with Gasteiger partial charge in [-0.15, -0.1) is 0 Å². The Bertz CT molecular complexity index is 477. The molecule has 0 aromatic heterocycles. The van der Waals surface area contributed by atoms with Gasteiger partial charge in [0.2, 0.25) is 0 Å². The summed E-state index contributed by atoms with van der Waals surface area (Å²) in [6, 6.07) is 1.78. The van der Waals surface area contributed by atoms with Gasteiger partial charge < -0.3 is 0 Å². The number of unbranched alkanes of at least 4 members (excludes halogenated alkanes) is 2. The molecule has 0 N–H and O–H groups in total. The summed E-state index contributed by atoms with van der Waals surface area (Å²) in [6.07, 6.45) is 9.56. The van der Waals surface area contributed by atoms with Crippen LogP contribution < -0.4 is 0 Å². The molecule has 0 amide bonds. The van der Waals surface area contributed by atoms with Crippen molar-refractivity contribution in [2.45, 2.75) is 71.1 Å². The van der Waals surface area contributed by atoms with E-state index in [1.165, 1.54) is 38.5 Å². The predicted molar refractivity (Wildman–Crippen MR) is 92.7 cm³/mol. The third-order valence-electron chi connectivity index (χ3n) is 4.88. The molecule has 0 heterocycles. The van der Waals surface area contributed by atoms with E-state index in [4.69, 9.17) is 0 Å². The Balaban J connectivity index is 2.01. The highest BCUT2D eigenvalue weighted by molar-refractivity contribution is 14.1. The minimum atomic E-state index is -0.665. The topological polar surface area (TPSA) is 0 Å². The molecule has 1 aromatic rings. The molecule has 1 saturated carbocycles. The summed E-state index contributed by atoms with van der Waals surface area (Å²) in [5, 5.41) is 0. The van der Waals surface area contributed by atoms with Crippen LogP contribution in [0.25, 0.3) is 0 Å². The van der Waals surface area contributed by atoms with Crippen LogP contribution >= 0.6 is 22.6 Å². The Hall–Kier alpha value is -0.190. The van der Waals surface area contributed by atoms with Crippen LogP contribution in [0, 0.1) is 28.0 Å². The maximum Gasteiger partial charge on any atom is 0.172 e. The smallest absolute Gasteiger partial charge is 0.172 e. The molecule has 1 aliphatic carbocycles. The molecule has 1 fully saturated rings. The van der Waals surface area contributed by atoms with Crippen LogP contribution in [0.4, 0.5) is 8.78 Å². The molecule has 1 aliphatic rings. The summed E-state index contributed by atoms with van der Waals surface area (Å²) in [7, 11) is 0. The van der Waals surface area contributed by atoms with E-state index in [0.717, 1.165) is 24.3 Å². The lowest BCUT2D eigenvalue weighted by molar-refractivity contribution is 0.297. The molecule has 0 atom stereocenters. The van der Waals surface area contributed by atoms with E-state index in [1.807, 2.05) is 29.5 Å². The van der Waals surface area contributed by atoms with Crippen molar-refractivity contribution in [2.24, 2.45) is 5.92 Å². The molecule has 0 saturated heterocycles. The van der Waals surface area contributed by atoms with Crippen LogP contribution in [0.15, 0.2) is 6.07 Å². The first-order valence-corrected chi connectivity index (χ1v) is 9.26. The van der Waals surface area contributed by atoms with Crippen molar-refractivity contribution in [3.05, 3.63) is 32.4 Å². The molecule has 0 nitrogen and oxygen atoms in total. The van der Waals surface area contributed by atoms with Gasteiger partial charge in [0.1, 0.15) is 0 Å². The van der Waals surface area contributed by atoms with Crippen LogP contribution in [0.3, 0.4) is 0 Å². The van der Waals surface area contributed by atoms with Crippen molar-refractivity contribution >= 4 is 22.6 Å². The fourth-order valence-electron chi connectivity index (χ4n) is 3.65. The van der Waals surface area contributed by atoms with Crippen LogP contribution in [-0.4, -0.2) is 0 Å². The monoisotopic (exact) mass is 406 g/mol. The fourth-order valence-corrected chi connectivity index (χ4v) is 4.36. The zero-order valence-corrected chi connectivity index (χ0v) is 15.2. The second-order valence-electron chi connectivity index (χ2n) is 6.43. The molecule has 0 radical (unpaired) electrons. The van der Waals surface area contributed by atoms with Gasteiger partial charge in [-0.1, -0.05) is 32.6 Å². The molecule has 0 bridgehead atoms. The van der Waals surface area contributed by atoms with Crippen molar-refractivity contribution in [3.63, 3.8) is 0 Å². The second kappa shape index (κ2) is 7.89. The minimum Gasteiger partial charge on any atom is -0.203 e. The van der Waals surface area contributed by atoms with E-state index in [-0.39, 0.29) is 5.92 Å². The first-order chi connectivity index (χ1) is 10.0. The highest BCUT2D eigenvalue weighted by Crippen LogP contribution is 2.40. The van der Waals surface area contributed by atoms with Crippen LogP contribution in [-0.2, 0) is 0 Å². The molecule has 21 heavy (non-hydrogen) atoms.